The molecule has 1 heterocycles. The molecule has 0 unspecified atom stereocenters. The molecule has 1 aromatic rings. The van der Waals surface area contributed by atoms with Crippen molar-refractivity contribution in [3.63, 3.8) is 0 Å². The minimum atomic E-state index is -1.19. The van der Waals surface area contributed by atoms with Crippen molar-refractivity contribution in [2.75, 3.05) is 13.7 Å². The summed E-state index contributed by atoms with van der Waals surface area (Å²) in [5.41, 5.74) is 1.36. The van der Waals surface area contributed by atoms with Crippen LogP contribution in [0.3, 0.4) is 0 Å². The second kappa shape index (κ2) is 8.11. The van der Waals surface area contributed by atoms with Gasteiger partial charge in [0.05, 0.1) is 6.67 Å². The fourth-order valence-corrected chi connectivity index (χ4v) is 1.51. The van der Waals surface area contributed by atoms with Crippen molar-refractivity contribution in [2.24, 2.45) is 0 Å². The first-order chi connectivity index (χ1) is 8.08. The maximum atomic E-state index is 4.87. The Hall–Kier alpha value is -0.0635. The van der Waals surface area contributed by atoms with Crippen LogP contribution in [-0.2, 0) is 17.5 Å². The number of hydrogen-bond acceptors (Lipinski definition) is 2. The Labute approximate surface area is 119 Å². The molecular formula is C11H14Cl3CoN2. The third-order valence-corrected chi connectivity index (χ3v) is 2.17. The SMILES string of the molecule is CN1C=CN(Cc2ccccc2)C1.[Cl][Co]([Cl])[Cl]. The van der Waals surface area contributed by atoms with Crippen molar-refractivity contribution < 1.29 is 10.9 Å². The fraction of sp³-hybridized carbons (Fsp3) is 0.273. The summed E-state index contributed by atoms with van der Waals surface area (Å²) in [4.78, 5) is 4.46. The van der Waals surface area contributed by atoms with Gasteiger partial charge in [-0.05, 0) is 5.56 Å². The first-order valence-electron chi connectivity index (χ1n) is 4.89. The molecule has 6 heteroatoms. The minimum absolute atomic E-state index is 0.995. The van der Waals surface area contributed by atoms with Gasteiger partial charge in [-0.15, -0.1) is 0 Å². The Balaban J connectivity index is 0.000000317. The first-order valence-corrected chi connectivity index (χ1v) is 9.19. The fourth-order valence-electron chi connectivity index (χ4n) is 1.51. The van der Waals surface area contributed by atoms with Gasteiger partial charge >= 0.3 is 41.4 Å². The van der Waals surface area contributed by atoms with Crippen LogP contribution in [0.2, 0.25) is 0 Å². The van der Waals surface area contributed by atoms with Crippen LogP contribution in [0.5, 0.6) is 0 Å². The number of hydrogen-bond donors (Lipinski definition) is 0. The molecule has 98 valence electrons. The molecule has 1 aromatic carbocycles. The molecule has 0 fully saturated rings. The molecule has 0 saturated heterocycles. The van der Waals surface area contributed by atoms with Crippen LogP contribution in [0.4, 0.5) is 0 Å². The van der Waals surface area contributed by atoms with Crippen molar-refractivity contribution in [1.29, 1.82) is 0 Å². The molecule has 0 aliphatic carbocycles. The predicted octanol–water partition coefficient (Wildman–Crippen LogP) is 3.93. The normalized spacial score (nSPS) is 14.5. The summed E-state index contributed by atoms with van der Waals surface area (Å²) in [5.74, 6) is 0. The van der Waals surface area contributed by atoms with Crippen LogP contribution >= 0.6 is 30.4 Å². The topological polar surface area (TPSA) is 6.48 Å². The molecule has 0 N–H and O–H groups in total. The van der Waals surface area contributed by atoms with Crippen LogP contribution in [-0.4, -0.2) is 23.5 Å². The average Bonchev–Trinajstić information content (AvgIpc) is 2.65. The molecule has 1 aliphatic rings. The number of nitrogens with zero attached hydrogens (tertiary/aromatic N) is 2. The van der Waals surface area contributed by atoms with Crippen molar-refractivity contribution in [1.82, 2.24) is 9.80 Å². The Morgan fingerprint density at radius 2 is 1.71 bits per heavy atom. The Morgan fingerprint density at radius 3 is 2.18 bits per heavy atom. The van der Waals surface area contributed by atoms with E-state index in [0.717, 1.165) is 13.2 Å². The van der Waals surface area contributed by atoms with Gasteiger partial charge in [0.1, 0.15) is 0 Å². The van der Waals surface area contributed by atoms with E-state index in [-0.39, 0.29) is 0 Å². The van der Waals surface area contributed by atoms with Crippen LogP contribution in [0.1, 0.15) is 5.56 Å². The standard InChI is InChI=1S/C11H14N2.3ClH.Co/c1-12-7-8-13(10-12)9-11-5-3-2-4-6-11;;;;/h2-8H,9-10H2,1H3;3*1H;/q;;;;+3/p-3. The molecule has 0 aromatic heterocycles. The molecule has 2 rings (SSSR count). The molecule has 0 radical (unpaired) electrons. The van der Waals surface area contributed by atoms with Gasteiger partial charge < -0.3 is 9.80 Å². The second-order valence-electron chi connectivity index (χ2n) is 3.57. The third-order valence-electron chi connectivity index (χ3n) is 2.17. The van der Waals surface area contributed by atoms with E-state index in [1.54, 1.807) is 0 Å². The summed E-state index contributed by atoms with van der Waals surface area (Å²) in [6.45, 7) is 2.00. The Bertz CT molecular complexity index is 343. The van der Waals surface area contributed by atoms with Gasteiger partial charge in [-0.1, -0.05) is 30.3 Å². The van der Waals surface area contributed by atoms with E-state index in [2.05, 4.69) is 59.6 Å². The quantitative estimate of drug-likeness (QED) is 0.805. The second-order valence-corrected chi connectivity index (χ2v) is 8.73. The van der Waals surface area contributed by atoms with E-state index in [4.69, 9.17) is 30.4 Å². The molecule has 0 spiro atoms. The van der Waals surface area contributed by atoms with E-state index < -0.39 is 10.9 Å². The van der Waals surface area contributed by atoms with E-state index >= 15 is 0 Å². The monoisotopic (exact) mass is 338 g/mol. The summed E-state index contributed by atoms with van der Waals surface area (Å²) >= 11 is 0. The molecule has 0 atom stereocenters. The van der Waals surface area contributed by atoms with Crippen LogP contribution in [0.25, 0.3) is 0 Å². The molecular weight excluding hydrogens is 325 g/mol. The van der Waals surface area contributed by atoms with Gasteiger partial charge in [0.15, 0.2) is 0 Å². The summed E-state index contributed by atoms with van der Waals surface area (Å²) in [7, 11) is 15.5. The molecule has 0 saturated carbocycles. The van der Waals surface area contributed by atoms with Gasteiger partial charge in [0.25, 0.3) is 0 Å². The molecule has 1 aliphatic heterocycles. The van der Waals surface area contributed by atoms with E-state index in [1.165, 1.54) is 5.56 Å². The predicted molar refractivity (Wildman–Crippen MR) is 71.3 cm³/mol. The zero-order chi connectivity index (χ0) is 12.7. The van der Waals surface area contributed by atoms with Crippen LogP contribution in [0, 0.1) is 0 Å². The van der Waals surface area contributed by atoms with Gasteiger partial charge in [-0.25, -0.2) is 0 Å². The van der Waals surface area contributed by atoms with Gasteiger partial charge in [-0.3, -0.25) is 0 Å². The molecule has 2 nitrogen and oxygen atoms in total. The molecule has 0 amide bonds. The van der Waals surface area contributed by atoms with E-state index in [0.29, 0.717) is 0 Å². The molecule has 17 heavy (non-hydrogen) atoms. The summed E-state index contributed by atoms with van der Waals surface area (Å²) in [6.07, 6.45) is 4.23. The van der Waals surface area contributed by atoms with Crippen molar-refractivity contribution in [3.8, 4) is 0 Å². The summed E-state index contributed by atoms with van der Waals surface area (Å²) in [5, 5.41) is 0. The van der Waals surface area contributed by atoms with Crippen molar-refractivity contribution in [2.45, 2.75) is 6.54 Å². The summed E-state index contributed by atoms with van der Waals surface area (Å²) in [6, 6.07) is 10.5. The maximum absolute atomic E-state index is 4.87. The van der Waals surface area contributed by atoms with Gasteiger partial charge in [0, 0.05) is 26.0 Å². The number of benzene rings is 1. The van der Waals surface area contributed by atoms with Crippen LogP contribution < -0.4 is 0 Å². The van der Waals surface area contributed by atoms with Gasteiger partial charge in [0.2, 0.25) is 0 Å². The number of halogens is 3. The van der Waals surface area contributed by atoms with Crippen LogP contribution in [0.15, 0.2) is 42.7 Å². The Kier molecular flexibility index (Phi) is 7.15. The van der Waals surface area contributed by atoms with Gasteiger partial charge in [-0.2, -0.15) is 0 Å². The third kappa shape index (κ3) is 7.06. The first kappa shape index (κ1) is 15.0. The van der Waals surface area contributed by atoms with Crippen molar-refractivity contribution >= 4 is 30.4 Å². The molecule has 0 bridgehead atoms. The Morgan fingerprint density at radius 1 is 1.12 bits per heavy atom. The zero-order valence-electron chi connectivity index (χ0n) is 9.32. The average molecular weight is 340 g/mol. The van der Waals surface area contributed by atoms with E-state index in [9.17, 15) is 0 Å². The van der Waals surface area contributed by atoms with E-state index in [1.807, 2.05) is 0 Å². The zero-order valence-corrected chi connectivity index (χ0v) is 12.6. The summed E-state index contributed by atoms with van der Waals surface area (Å²) < 4.78 is 0. The number of rotatable bonds is 2. The van der Waals surface area contributed by atoms with Crippen molar-refractivity contribution in [3.05, 3.63) is 48.3 Å².